The van der Waals surface area contributed by atoms with Crippen LogP contribution >= 0.6 is 0 Å². The van der Waals surface area contributed by atoms with E-state index in [1.54, 1.807) is 7.11 Å². The van der Waals surface area contributed by atoms with Crippen LogP contribution in [0.2, 0.25) is 0 Å². The summed E-state index contributed by atoms with van der Waals surface area (Å²) in [6.45, 7) is 4.62. The lowest BCUT2D eigenvalue weighted by Gasteiger charge is -2.28. The van der Waals surface area contributed by atoms with E-state index < -0.39 is 5.41 Å². The molecule has 0 N–H and O–H groups in total. The standard InChI is InChI=1S/C28H31NO4/c1-28(27(30)32-3)20-29(17-21-10-6-4-7-11-21)18-24(28)23-14-15-25(31-2)26(16-23)33-19-22-12-8-5-9-13-22/h4-16,24H,17-20H2,1-3H3. The molecule has 1 saturated heterocycles. The van der Waals surface area contributed by atoms with Crippen molar-refractivity contribution in [3.63, 3.8) is 0 Å². The van der Waals surface area contributed by atoms with Gasteiger partial charge in [-0.25, -0.2) is 0 Å². The normalized spacial score (nSPS) is 20.4. The average Bonchev–Trinajstić information content (AvgIpc) is 3.20. The van der Waals surface area contributed by atoms with Crippen molar-refractivity contribution < 1.29 is 19.0 Å². The van der Waals surface area contributed by atoms with E-state index in [0.717, 1.165) is 24.2 Å². The van der Waals surface area contributed by atoms with Crippen LogP contribution in [0.4, 0.5) is 0 Å². The van der Waals surface area contributed by atoms with Gasteiger partial charge in [-0.3, -0.25) is 9.69 Å². The van der Waals surface area contributed by atoms with Crippen molar-refractivity contribution in [3.05, 3.63) is 95.6 Å². The van der Waals surface area contributed by atoms with Crippen molar-refractivity contribution in [2.45, 2.75) is 26.0 Å². The van der Waals surface area contributed by atoms with Crippen LogP contribution < -0.4 is 9.47 Å². The maximum absolute atomic E-state index is 12.9. The van der Waals surface area contributed by atoms with Crippen molar-refractivity contribution in [1.82, 2.24) is 4.90 Å². The number of rotatable bonds is 8. The fraction of sp³-hybridized carbons (Fsp3) is 0.321. The van der Waals surface area contributed by atoms with Gasteiger partial charge in [-0.1, -0.05) is 66.7 Å². The van der Waals surface area contributed by atoms with E-state index >= 15 is 0 Å². The zero-order valence-corrected chi connectivity index (χ0v) is 19.5. The summed E-state index contributed by atoms with van der Waals surface area (Å²) < 4.78 is 16.9. The Balaban J connectivity index is 1.60. The minimum Gasteiger partial charge on any atom is -0.493 e. The first-order valence-electron chi connectivity index (χ1n) is 11.2. The number of esters is 1. The number of benzene rings is 3. The van der Waals surface area contributed by atoms with Crippen LogP contribution in [0.15, 0.2) is 78.9 Å². The lowest BCUT2D eigenvalue weighted by atomic mass is 9.76. The van der Waals surface area contributed by atoms with Crippen molar-refractivity contribution in [1.29, 1.82) is 0 Å². The van der Waals surface area contributed by atoms with Gasteiger partial charge >= 0.3 is 5.97 Å². The molecule has 5 heteroatoms. The first-order chi connectivity index (χ1) is 16.0. The molecule has 0 saturated carbocycles. The molecule has 1 fully saturated rings. The van der Waals surface area contributed by atoms with Gasteiger partial charge < -0.3 is 14.2 Å². The second kappa shape index (κ2) is 10.1. The van der Waals surface area contributed by atoms with Crippen molar-refractivity contribution >= 4 is 5.97 Å². The quantitative estimate of drug-likeness (QED) is 0.454. The SMILES string of the molecule is COC(=O)C1(C)CN(Cc2ccccc2)CC1c1ccc(OC)c(OCc2ccccc2)c1. The van der Waals surface area contributed by atoms with Crippen LogP contribution in [-0.4, -0.2) is 38.2 Å². The summed E-state index contributed by atoms with van der Waals surface area (Å²) in [5.74, 6) is 1.13. The minimum absolute atomic E-state index is 0.0290. The number of likely N-dealkylation sites (tertiary alicyclic amines) is 1. The molecule has 5 nitrogen and oxygen atoms in total. The van der Waals surface area contributed by atoms with Crippen molar-refractivity contribution in [2.24, 2.45) is 5.41 Å². The number of hydrogen-bond acceptors (Lipinski definition) is 5. The first kappa shape index (κ1) is 22.9. The maximum atomic E-state index is 12.9. The van der Waals surface area contributed by atoms with E-state index in [9.17, 15) is 4.79 Å². The Morgan fingerprint density at radius 3 is 2.24 bits per heavy atom. The largest absolute Gasteiger partial charge is 0.493 e. The molecule has 0 radical (unpaired) electrons. The number of carbonyl (C=O) groups excluding carboxylic acids is 1. The summed E-state index contributed by atoms with van der Waals surface area (Å²) in [5, 5.41) is 0. The number of hydrogen-bond donors (Lipinski definition) is 0. The van der Waals surface area contributed by atoms with Crippen LogP contribution in [0.1, 0.15) is 29.5 Å². The molecule has 172 valence electrons. The summed E-state index contributed by atoms with van der Waals surface area (Å²) in [5.41, 5.74) is 2.70. The van der Waals surface area contributed by atoms with E-state index in [0.29, 0.717) is 24.7 Å². The highest BCUT2D eigenvalue weighted by molar-refractivity contribution is 5.78. The molecule has 1 aliphatic rings. The molecule has 2 atom stereocenters. The molecule has 0 amide bonds. The smallest absolute Gasteiger partial charge is 0.313 e. The van der Waals surface area contributed by atoms with Crippen LogP contribution in [0.25, 0.3) is 0 Å². The highest BCUT2D eigenvalue weighted by atomic mass is 16.5. The van der Waals surface area contributed by atoms with Crippen molar-refractivity contribution in [2.75, 3.05) is 27.3 Å². The zero-order valence-electron chi connectivity index (χ0n) is 19.5. The average molecular weight is 446 g/mol. The van der Waals surface area contributed by atoms with Gasteiger partial charge in [0, 0.05) is 25.6 Å². The fourth-order valence-electron chi connectivity index (χ4n) is 4.73. The third kappa shape index (κ3) is 5.04. The first-order valence-corrected chi connectivity index (χ1v) is 11.2. The number of nitrogens with zero attached hydrogens (tertiary/aromatic N) is 1. The predicted molar refractivity (Wildman–Crippen MR) is 128 cm³/mol. The van der Waals surface area contributed by atoms with E-state index in [-0.39, 0.29) is 11.9 Å². The molecular formula is C28H31NO4. The Morgan fingerprint density at radius 2 is 1.61 bits per heavy atom. The van der Waals surface area contributed by atoms with Crippen molar-refractivity contribution in [3.8, 4) is 11.5 Å². The van der Waals surface area contributed by atoms with Gasteiger partial charge in [0.15, 0.2) is 11.5 Å². The maximum Gasteiger partial charge on any atom is 0.313 e. The summed E-state index contributed by atoms with van der Waals surface area (Å²) >= 11 is 0. The van der Waals surface area contributed by atoms with Gasteiger partial charge in [0.05, 0.1) is 19.6 Å². The van der Waals surface area contributed by atoms with E-state index in [2.05, 4.69) is 17.0 Å². The summed E-state index contributed by atoms with van der Waals surface area (Å²) in [6.07, 6.45) is 0. The molecule has 2 unspecified atom stereocenters. The van der Waals surface area contributed by atoms with E-state index in [1.165, 1.54) is 12.7 Å². The lowest BCUT2D eigenvalue weighted by molar-refractivity contribution is -0.151. The molecule has 0 bridgehead atoms. The van der Waals surface area contributed by atoms with Crippen LogP contribution in [0.3, 0.4) is 0 Å². The van der Waals surface area contributed by atoms with Gasteiger partial charge in [0.1, 0.15) is 6.61 Å². The summed E-state index contributed by atoms with van der Waals surface area (Å²) in [7, 11) is 3.10. The molecule has 1 heterocycles. The molecular weight excluding hydrogens is 414 g/mol. The topological polar surface area (TPSA) is 48.0 Å². The van der Waals surface area contributed by atoms with Crippen LogP contribution in [0, 0.1) is 5.41 Å². The van der Waals surface area contributed by atoms with Gasteiger partial charge in [-0.2, -0.15) is 0 Å². The Kier molecular flexibility index (Phi) is 6.99. The molecule has 0 aromatic heterocycles. The molecule has 3 aromatic rings. The second-order valence-corrected chi connectivity index (χ2v) is 8.80. The zero-order chi connectivity index (χ0) is 23.3. The molecule has 0 aliphatic carbocycles. The Hall–Kier alpha value is -3.31. The molecule has 4 rings (SSSR count). The highest BCUT2D eigenvalue weighted by Crippen LogP contribution is 2.46. The monoisotopic (exact) mass is 445 g/mol. The van der Waals surface area contributed by atoms with Gasteiger partial charge in [-0.15, -0.1) is 0 Å². The second-order valence-electron chi connectivity index (χ2n) is 8.80. The van der Waals surface area contributed by atoms with Crippen LogP contribution in [0.5, 0.6) is 11.5 Å². The summed E-state index contributed by atoms with van der Waals surface area (Å²) in [6, 6.07) is 26.3. The third-order valence-electron chi connectivity index (χ3n) is 6.49. The Bertz CT molecular complexity index is 1070. The number of methoxy groups -OCH3 is 2. The third-order valence-corrected chi connectivity index (χ3v) is 6.49. The predicted octanol–water partition coefficient (Wildman–Crippen LogP) is 5.05. The van der Waals surface area contributed by atoms with Gasteiger partial charge in [-0.05, 0) is 35.7 Å². The Morgan fingerprint density at radius 1 is 0.939 bits per heavy atom. The number of ether oxygens (including phenoxy) is 3. The van der Waals surface area contributed by atoms with E-state index in [1.807, 2.05) is 73.7 Å². The fourth-order valence-corrected chi connectivity index (χ4v) is 4.73. The molecule has 3 aromatic carbocycles. The van der Waals surface area contributed by atoms with Crippen LogP contribution in [-0.2, 0) is 22.7 Å². The lowest BCUT2D eigenvalue weighted by Crippen LogP contribution is -2.36. The highest BCUT2D eigenvalue weighted by Gasteiger charge is 2.50. The molecule has 0 spiro atoms. The molecule has 1 aliphatic heterocycles. The minimum atomic E-state index is -0.658. The van der Waals surface area contributed by atoms with Gasteiger partial charge in [0.2, 0.25) is 0 Å². The Labute approximate surface area is 195 Å². The molecule has 33 heavy (non-hydrogen) atoms. The van der Waals surface area contributed by atoms with E-state index in [4.69, 9.17) is 14.2 Å². The summed E-state index contributed by atoms with van der Waals surface area (Å²) in [4.78, 5) is 15.3. The van der Waals surface area contributed by atoms with Gasteiger partial charge in [0.25, 0.3) is 0 Å². The number of carbonyl (C=O) groups is 1.